The van der Waals surface area contributed by atoms with Crippen molar-refractivity contribution in [3.05, 3.63) is 40.6 Å². The molecule has 1 unspecified atom stereocenters. The maximum absolute atomic E-state index is 13.1. The number of nitrogens with two attached hydrogens (primary N) is 1. The molecule has 10 heteroatoms. The molecular formula is C12H8FN3O5S. The third-order valence-electron chi connectivity index (χ3n) is 2.76. The Hall–Kier alpha value is -2.77. The van der Waals surface area contributed by atoms with E-state index in [0.717, 1.165) is 18.2 Å². The number of nitrogens with zero attached hydrogens (tertiary/aromatic N) is 1. The van der Waals surface area contributed by atoms with E-state index in [9.17, 15) is 22.4 Å². The average Bonchev–Trinajstić information content (AvgIpc) is 2.45. The largest absolute Gasteiger partial charge is 0.378 e. The number of nitriles is 1. The Labute approximate surface area is 124 Å². The van der Waals surface area contributed by atoms with Crippen LogP contribution in [0.3, 0.4) is 0 Å². The molecule has 1 aliphatic heterocycles. The van der Waals surface area contributed by atoms with E-state index < -0.39 is 44.2 Å². The van der Waals surface area contributed by atoms with Crippen LogP contribution >= 0.6 is 0 Å². The van der Waals surface area contributed by atoms with Gasteiger partial charge in [0.2, 0.25) is 5.78 Å². The summed E-state index contributed by atoms with van der Waals surface area (Å²) < 4.78 is 41.5. The standard InChI is InChI=1S/C12H8FN3O5S/c13-7-1-2-8-9(4-7)21-22(19,20)10(11(8)17)3-6(5-14)12(18)16-15/h1-4,6H,15H2,(H,16,18)/b10-3+. The van der Waals surface area contributed by atoms with Crippen molar-refractivity contribution in [2.75, 3.05) is 0 Å². The van der Waals surface area contributed by atoms with Crippen LogP contribution in [0.4, 0.5) is 4.39 Å². The highest BCUT2D eigenvalue weighted by molar-refractivity contribution is 7.92. The van der Waals surface area contributed by atoms with Crippen LogP contribution < -0.4 is 15.5 Å². The van der Waals surface area contributed by atoms with Gasteiger partial charge in [-0.3, -0.25) is 15.0 Å². The van der Waals surface area contributed by atoms with Crippen molar-refractivity contribution in [2.45, 2.75) is 0 Å². The number of fused-ring (bicyclic) bond motifs is 1. The molecule has 2 rings (SSSR count). The van der Waals surface area contributed by atoms with Gasteiger partial charge in [0, 0.05) is 6.07 Å². The van der Waals surface area contributed by atoms with Gasteiger partial charge in [0.15, 0.2) is 10.7 Å². The molecular weight excluding hydrogens is 317 g/mol. The maximum atomic E-state index is 13.1. The van der Waals surface area contributed by atoms with E-state index in [2.05, 4.69) is 4.18 Å². The van der Waals surface area contributed by atoms with Crippen molar-refractivity contribution < 1.29 is 26.6 Å². The zero-order chi connectivity index (χ0) is 16.5. The fourth-order valence-corrected chi connectivity index (χ4v) is 2.84. The van der Waals surface area contributed by atoms with Gasteiger partial charge in [-0.2, -0.15) is 13.7 Å². The number of carbonyl (C=O) groups is 2. The number of allylic oxidation sites excluding steroid dienone is 1. The molecule has 1 atom stereocenters. The van der Waals surface area contributed by atoms with Crippen molar-refractivity contribution in [1.29, 1.82) is 5.26 Å². The highest BCUT2D eigenvalue weighted by atomic mass is 32.2. The molecule has 3 N–H and O–H groups in total. The molecule has 0 fully saturated rings. The van der Waals surface area contributed by atoms with Crippen LogP contribution in [0.1, 0.15) is 10.4 Å². The summed E-state index contributed by atoms with van der Waals surface area (Å²) in [6.45, 7) is 0. The van der Waals surface area contributed by atoms with Crippen molar-refractivity contribution >= 4 is 21.8 Å². The Morgan fingerprint density at radius 3 is 2.77 bits per heavy atom. The van der Waals surface area contributed by atoms with Crippen LogP contribution in [0.25, 0.3) is 0 Å². The Kier molecular flexibility index (Phi) is 3.94. The number of hydrogen-bond acceptors (Lipinski definition) is 7. The Morgan fingerprint density at radius 2 is 2.18 bits per heavy atom. The van der Waals surface area contributed by atoms with Crippen LogP contribution in [0.2, 0.25) is 0 Å². The molecule has 0 saturated heterocycles. The molecule has 1 aliphatic rings. The minimum absolute atomic E-state index is 0.202. The van der Waals surface area contributed by atoms with Gasteiger partial charge >= 0.3 is 10.1 Å². The lowest BCUT2D eigenvalue weighted by Gasteiger charge is -2.18. The predicted octanol–water partition coefficient (Wildman–Crippen LogP) is -0.256. The summed E-state index contributed by atoms with van der Waals surface area (Å²) in [4.78, 5) is 22.6. The van der Waals surface area contributed by atoms with E-state index in [1.165, 1.54) is 6.07 Å². The second-order valence-corrected chi connectivity index (χ2v) is 5.67. The molecule has 0 aromatic heterocycles. The van der Waals surface area contributed by atoms with E-state index in [1.807, 2.05) is 0 Å². The molecule has 1 aromatic rings. The van der Waals surface area contributed by atoms with Crippen LogP contribution in [0.15, 0.2) is 29.2 Å². The van der Waals surface area contributed by atoms with Gasteiger partial charge in [-0.15, -0.1) is 0 Å². The van der Waals surface area contributed by atoms with Gasteiger partial charge < -0.3 is 4.18 Å². The zero-order valence-electron chi connectivity index (χ0n) is 10.7. The number of carbonyl (C=O) groups excluding carboxylic acids is 2. The van der Waals surface area contributed by atoms with Crippen LogP contribution in [-0.4, -0.2) is 20.1 Å². The molecule has 0 aliphatic carbocycles. The van der Waals surface area contributed by atoms with Crippen LogP contribution in [0.5, 0.6) is 5.75 Å². The second-order valence-electron chi connectivity index (χ2n) is 4.15. The first-order valence-electron chi connectivity index (χ1n) is 5.71. The summed E-state index contributed by atoms with van der Waals surface area (Å²) in [5.74, 6) is 0.00454. The first-order valence-corrected chi connectivity index (χ1v) is 7.11. The first-order chi connectivity index (χ1) is 10.3. The van der Waals surface area contributed by atoms with Gasteiger partial charge in [0.1, 0.15) is 11.7 Å². The molecule has 0 bridgehead atoms. The lowest BCUT2D eigenvalue weighted by atomic mass is 10.1. The smallest absolute Gasteiger partial charge is 0.342 e. The summed E-state index contributed by atoms with van der Waals surface area (Å²) >= 11 is 0. The second kappa shape index (κ2) is 5.55. The van der Waals surface area contributed by atoms with Crippen molar-refractivity contribution in [3.63, 3.8) is 0 Å². The Balaban J connectivity index is 2.58. The molecule has 8 nitrogen and oxygen atoms in total. The number of Topliss-reactive ketones (excluding diaryl/α,β-unsaturated/α-hetero) is 1. The SMILES string of the molecule is N#CC(/C=C1\C(=O)c2ccc(F)cc2OS1(=O)=O)C(=O)NN. The third-order valence-corrected chi connectivity index (χ3v) is 4.02. The van der Waals surface area contributed by atoms with Crippen molar-refractivity contribution in [2.24, 2.45) is 11.8 Å². The van der Waals surface area contributed by atoms with Crippen molar-refractivity contribution in [1.82, 2.24) is 5.43 Å². The zero-order valence-corrected chi connectivity index (χ0v) is 11.6. The minimum atomic E-state index is -4.58. The van der Waals surface area contributed by atoms with Crippen LogP contribution in [0, 0.1) is 23.1 Å². The van der Waals surface area contributed by atoms with Gasteiger partial charge in [-0.05, 0) is 18.2 Å². The lowest BCUT2D eigenvalue weighted by molar-refractivity contribution is -0.122. The van der Waals surface area contributed by atoms with Gasteiger partial charge in [-0.1, -0.05) is 0 Å². The molecule has 0 radical (unpaired) electrons. The molecule has 22 heavy (non-hydrogen) atoms. The normalized spacial score (nSPS) is 18.8. The Morgan fingerprint density at radius 1 is 1.50 bits per heavy atom. The van der Waals surface area contributed by atoms with Gasteiger partial charge in [-0.25, -0.2) is 10.2 Å². The molecule has 1 aromatic carbocycles. The molecule has 1 heterocycles. The summed E-state index contributed by atoms with van der Waals surface area (Å²) in [5, 5.41) is 8.84. The fraction of sp³-hybridized carbons (Fsp3) is 0.0833. The first kappa shape index (κ1) is 15.6. The van der Waals surface area contributed by atoms with Crippen molar-refractivity contribution in [3.8, 4) is 11.8 Å². The average molecular weight is 325 g/mol. The lowest BCUT2D eigenvalue weighted by Crippen LogP contribution is -2.35. The molecule has 0 saturated carbocycles. The monoisotopic (exact) mass is 325 g/mol. The highest BCUT2D eigenvalue weighted by Gasteiger charge is 2.37. The van der Waals surface area contributed by atoms with Gasteiger partial charge in [0.05, 0.1) is 11.6 Å². The van der Waals surface area contributed by atoms with Crippen LogP contribution in [-0.2, 0) is 14.9 Å². The number of nitrogens with one attached hydrogen (secondary N) is 1. The Bertz CT molecular complexity index is 841. The fourth-order valence-electron chi connectivity index (χ4n) is 1.73. The quantitative estimate of drug-likeness (QED) is 0.251. The minimum Gasteiger partial charge on any atom is -0.378 e. The summed E-state index contributed by atoms with van der Waals surface area (Å²) in [7, 11) is -4.58. The van der Waals surface area contributed by atoms with E-state index in [4.69, 9.17) is 11.1 Å². The number of ketones is 1. The molecule has 0 spiro atoms. The van der Waals surface area contributed by atoms with E-state index in [0.29, 0.717) is 6.08 Å². The van der Waals surface area contributed by atoms with Gasteiger partial charge in [0.25, 0.3) is 5.91 Å². The topological polar surface area (TPSA) is 139 Å². The highest BCUT2D eigenvalue weighted by Crippen LogP contribution is 2.32. The number of benzene rings is 1. The van der Waals surface area contributed by atoms with E-state index >= 15 is 0 Å². The summed E-state index contributed by atoms with van der Waals surface area (Å²) in [6.07, 6.45) is 0.631. The van der Waals surface area contributed by atoms with E-state index in [-0.39, 0.29) is 5.56 Å². The number of rotatable bonds is 2. The summed E-state index contributed by atoms with van der Waals surface area (Å²) in [6, 6.07) is 4.23. The van der Waals surface area contributed by atoms with E-state index in [1.54, 1.807) is 5.43 Å². The molecule has 114 valence electrons. The number of halogens is 1. The molecule has 1 amide bonds. The number of hydrogen-bond donors (Lipinski definition) is 2. The maximum Gasteiger partial charge on any atom is 0.342 e. The number of amides is 1. The summed E-state index contributed by atoms with van der Waals surface area (Å²) in [5.41, 5.74) is 1.47. The predicted molar refractivity (Wildman–Crippen MR) is 69.8 cm³/mol. The third kappa shape index (κ3) is 2.67. The number of hydrazine groups is 1.